The molecule has 0 spiro atoms. The number of ether oxygens (including phenoxy) is 1. The molecule has 7 heteroatoms. The number of imidazole rings is 1. The molecule has 3 N–H and O–H groups in total. The lowest BCUT2D eigenvalue weighted by Gasteiger charge is -1.99. The highest BCUT2D eigenvalue weighted by Gasteiger charge is 2.08. The van der Waals surface area contributed by atoms with Crippen LogP contribution in [-0.2, 0) is 0 Å². The summed E-state index contributed by atoms with van der Waals surface area (Å²) in [6.07, 6.45) is 0. The van der Waals surface area contributed by atoms with E-state index in [4.69, 9.17) is 22.1 Å². The monoisotopic (exact) mass is 306 g/mol. The van der Waals surface area contributed by atoms with Gasteiger partial charge in [-0.1, -0.05) is 11.6 Å². The summed E-state index contributed by atoms with van der Waals surface area (Å²) in [5.41, 5.74) is 8.08. The highest BCUT2D eigenvalue weighted by Crippen LogP contribution is 2.29. The number of hydrogen-bond donors (Lipinski definition) is 2. The number of nitrogens with one attached hydrogen (secondary N) is 1. The number of benzene rings is 1. The number of aromatic nitrogens is 3. The third-order valence-electron chi connectivity index (χ3n) is 2.66. The quantitative estimate of drug-likeness (QED) is 0.726. The van der Waals surface area contributed by atoms with Crippen molar-refractivity contribution < 1.29 is 4.74 Å². The summed E-state index contributed by atoms with van der Waals surface area (Å²) in [5.74, 6) is 0.780. The number of anilines is 1. The summed E-state index contributed by atoms with van der Waals surface area (Å²) in [4.78, 5) is 11.9. The standard InChI is InChI=1S/C13H11ClN4OS/c1-19-8-2-3-9-10(6-8)17-13(16-9)20-12-5-7(15)4-11(14)18-12/h2-6H,1H3,(H2,15,18)(H,16,17). The third-order valence-corrected chi connectivity index (χ3v) is 3.66. The van der Waals surface area contributed by atoms with E-state index in [9.17, 15) is 0 Å². The SMILES string of the molecule is COc1ccc2nc(Sc3cc(N)cc(Cl)n3)[nH]c2c1. The average molecular weight is 307 g/mol. The van der Waals surface area contributed by atoms with Crippen molar-refractivity contribution in [2.45, 2.75) is 10.2 Å². The maximum atomic E-state index is 5.88. The van der Waals surface area contributed by atoms with Gasteiger partial charge in [-0.05, 0) is 36.0 Å². The number of halogens is 1. The van der Waals surface area contributed by atoms with Crippen LogP contribution in [0, 0.1) is 0 Å². The van der Waals surface area contributed by atoms with Crippen LogP contribution in [0.15, 0.2) is 40.5 Å². The van der Waals surface area contributed by atoms with E-state index in [-0.39, 0.29) is 0 Å². The van der Waals surface area contributed by atoms with Gasteiger partial charge in [0, 0.05) is 11.8 Å². The minimum absolute atomic E-state index is 0.366. The van der Waals surface area contributed by atoms with E-state index >= 15 is 0 Å². The number of methoxy groups -OCH3 is 1. The Balaban J connectivity index is 1.94. The first-order chi connectivity index (χ1) is 9.64. The first kappa shape index (κ1) is 13.1. The maximum Gasteiger partial charge on any atom is 0.172 e. The Morgan fingerprint density at radius 3 is 2.85 bits per heavy atom. The van der Waals surface area contributed by atoms with Gasteiger partial charge in [0.05, 0.1) is 18.1 Å². The number of rotatable bonds is 3. The van der Waals surface area contributed by atoms with Gasteiger partial charge in [0.2, 0.25) is 0 Å². The zero-order valence-corrected chi connectivity index (χ0v) is 12.1. The highest BCUT2D eigenvalue weighted by atomic mass is 35.5. The van der Waals surface area contributed by atoms with Gasteiger partial charge in [0.25, 0.3) is 0 Å². The Kier molecular flexibility index (Phi) is 3.42. The molecule has 0 unspecified atom stereocenters. The molecule has 0 saturated carbocycles. The summed E-state index contributed by atoms with van der Waals surface area (Å²) in [6, 6.07) is 9.02. The number of aromatic amines is 1. The summed E-state index contributed by atoms with van der Waals surface area (Å²) in [6.45, 7) is 0. The van der Waals surface area contributed by atoms with Crippen molar-refractivity contribution in [1.82, 2.24) is 15.0 Å². The van der Waals surface area contributed by atoms with Gasteiger partial charge >= 0.3 is 0 Å². The first-order valence-corrected chi connectivity index (χ1v) is 6.98. The van der Waals surface area contributed by atoms with Crippen LogP contribution >= 0.6 is 23.4 Å². The van der Waals surface area contributed by atoms with E-state index < -0.39 is 0 Å². The topological polar surface area (TPSA) is 76.8 Å². The first-order valence-electron chi connectivity index (χ1n) is 5.79. The van der Waals surface area contributed by atoms with E-state index in [0.717, 1.165) is 21.9 Å². The van der Waals surface area contributed by atoms with Gasteiger partial charge in [0.1, 0.15) is 15.9 Å². The number of hydrogen-bond acceptors (Lipinski definition) is 5. The van der Waals surface area contributed by atoms with Gasteiger partial charge in [0.15, 0.2) is 5.16 Å². The van der Waals surface area contributed by atoms with Crippen LogP contribution in [0.5, 0.6) is 5.75 Å². The molecular weight excluding hydrogens is 296 g/mol. The van der Waals surface area contributed by atoms with E-state index in [1.807, 2.05) is 18.2 Å². The Hall–Kier alpha value is -1.92. The van der Waals surface area contributed by atoms with Crippen molar-refractivity contribution in [1.29, 1.82) is 0 Å². The molecule has 3 aromatic rings. The molecule has 0 radical (unpaired) electrons. The zero-order chi connectivity index (χ0) is 14.1. The van der Waals surface area contributed by atoms with Crippen molar-refractivity contribution in [3.05, 3.63) is 35.5 Å². The molecule has 2 aromatic heterocycles. The predicted molar refractivity (Wildman–Crippen MR) is 80.4 cm³/mol. The number of nitrogens with zero attached hydrogens (tertiary/aromatic N) is 2. The Morgan fingerprint density at radius 1 is 1.25 bits per heavy atom. The van der Waals surface area contributed by atoms with Gasteiger partial charge in [-0.15, -0.1) is 0 Å². The summed E-state index contributed by atoms with van der Waals surface area (Å²) < 4.78 is 5.18. The molecule has 2 heterocycles. The molecule has 20 heavy (non-hydrogen) atoms. The second-order valence-corrected chi connectivity index (χ2v) is 5.48. The molecule has 1 aromatic carbocycles. The molecule has 0 fully saturated rings. The fraction of sp³-hybridized carbons (Fsp3) is 0.0769. The number of H-pyrrole nitrogens is 1. The van der Waals surface area contributed by atoms with Crippen LogP contribution < -0.4 is 10.5 Å². The zero-order valence-electron chi connectivity index (χ0n) is 10.6. The Labute approximate surface area is 124 Å². The summed E-state index contributed by atoms with van der Waals surface area (Å²) in [5, 5.41) is 1.79. The second-order valence-electron chi connectivity index (χ2n) is 4.09. The number of nitrogens with two attached hydrogens (primary N) is 1. The molecule has 0 aliphatic carbocycles. The summed E-state index contributed by atoms with van der Waals surface area (Å²) in [7, 11) is 1.63. The second kappa shape index (κ2) is 5.22. The molecule has 0 aliphatic heterocycles. The van der Waals surface area contributed by atoms with E-state index in [0.29, 0.717) is 15.9 Å². The van der Waals surface area contributed by atoms with E-state index in [1.54, 1.807) is 19.2 Å². The van der Waals surface area contributed by atoms with E-state index in [1.165, 1.54) is 11.8 Å². The lowest BCUT2D eigenvalue weighted by atomic mass is 10.3. The largest absolute Gasteiger partial charge is 0.497 e. The number of nitrogen functional groups attached to an aromatic ring is 1. The molecule has 0 amide bonds. The lowest BCUT2D eigenvalue weighted by Crippen LogP contribution is -1.89. The van der Waals surface area contributed by atoms with Gasteiger partial charge in [-0.25, -0.2) is 9.97 Å². The van der Waals surface area contributed by atoms with Crippen LogP contribution in [0.1, 0.15) is 0 Å². The molecule has 5 nitrogen and oxygen atoms in total. The molecular formula is C13H11ClN4OS. The third kappa shape index (κ3) is 2.66. The van der Waals surface area contributed by atoms with Crippen molar-refractivity contribution in [3.63, 3.8) is 0 Å². The van der Waals surface area contributed by atoms with Crippen molar-refractivity contribution in [2.75, 3.05) is 12.8 Å². The molecule has 3 rings (SSSR count). The van der Waals surface area contributed by atoms with Gasteiger partial charge in [-0.3, -0.25) is 0 Å². The molecule has 0 saturated heterocycles. The normalized spacial score (nSPS) is 10.9. The van der Waals surface area contributed by atoms with E-state index in [2.05, 4.69) is 15.0 Å². The van der Waals surface area contributed by atoms with Crippen LogP contribution in [-0.4, -0.2) is 22.1 Å². The molecule has 102 valence electrons. The lowest BCUT2D eigenvalue weighted by molar-refractivity contribution is 0.415. The van der Waals surface area contributed by atoms with Crippen molar-refractivity contribution in [2.24, 2.45) is 0 Å². The van der Waals surface area contributed by atoms with Crippen LogP contribution in [0.2, 0.25) is 5.15 Å². The highest BCUT2D eigenvalue weighted by molar-refractivity contribution is 7.99. The number of fused-ring (bicyclic) bond motifs is 1. The van der Waals surface area contributed by atoms with Gasteiger partial charge in [-0.2, -0.15) is 0 Å². The van der Waals surface area contributed by atoms with Gasteiger partial charge < -0.3 is 15.5 Å². The molecule has 0 atom stereocenters. The van der Waals surface area contributed by atoms with Crippen molar-refractivity contribution >= 4 is 40.1 Å². The Bertz CT molecular complexity index is 754. The van der Waals surface area contributed by atoms with Crippen LogP contribution in [0.4, 0.5) is 5.69 Å². The predicted octanol–water partition coefficient (Wildman–Crippen LogP) is 3.35. The van der Waals surface area contributed by atoms with Crippen molar-refractivity contribution in [3.8, 4) is 5.75 Å². The fourth-order valence-corrected chi connectivity index (χ4v) is 2.89. The molecule has 0 aliphatic rings. The fourth-order valence-electron chi connectivity index (χ4n) is 1.78. The average Bonchev–Trinajstić information content (AvgIpc) is 2.78. The summed E-state index contributed by atoms with van der Waals surface area (Å²) >= 11 is 7.26. The smallest absolute Gasteiger partial charge is 0.172 e. The Morgan fingerprint density at radius 2 is 2.10 bits per heavy atom. The molecule has 0 bridgehead atoms. The number of pyridine rings is 1. The minimum Gasteiger partial charge on any atom is -0.497 e. The van der Waals surface area contributed by atoms with Crippen LogP contribution in [0.3, 0.4) is 0 Å². The minimum atomic E-state index is 0.366. The van der Waals surface area contributed by atoms with Crippen LogP contribution in [0.25, 0.3) is 11.0 Å². The maximum absolute atomic E-state index is 5.88.